The molecule has 0 amide bonds. The molecule has 2 nitrogen and oxygen atoms in total. The maximum atomic E-state index is 11.5. The first kappa shape index (κ1) is 23.7. The van der Waals surface area contributed by atoms with E-state index < -0.39 is 11.7 Å². The van der Waals surface area contributed by atoms with Crippen molar-refractivity contribution in [1.29, 1.82) is 0 Å². The molecule has 5 fully saturated rings. The Hall–Kier alpha value is -0.0800. The topological polar surface area (TPSA) is 40.5 Å². The van der Waals surface area contributed by atoms with Crippen LogP contribution in [0.25, 0.3) is 0 Å². The molecule has 0 saturated heterocycles. The largest absolute Gasteiger partial charge is 0.390 e. The Bertz CT molecular complexity index is 786. The molecule has 0 aromatic rings. The van der Waals surface area contributed by atoms with Gasteiger partial charge in [-0.1, -0.05) is 48.5 Å². The molecule has 184 valence electrons. The van der Waals surface area contributed by atoms with E-state index >= 15 is 0 Å². The summed E-state index contributed by atoms with van der Waals surface area (Å²) >= 11 is 0. The number of fused-ring (bicyclic) bond motifs is 7. The Morgan fingerprint density at radius 3 is 1.81 bits per heavy atom. The maximum Gasteiger partial charge on any atom is 0.0933 e. The predicted molar refractivity (Wildman–Crippen MR) is 132 cm³/mol. The summed E-state index contributed by atoms with van der Waals surface area (Å²) in [7, 11) is 0. The summed E-state index contributed by atoms with van der Waals surface area (Å²) in [5.74, 6) is 2.10. The van der Waals surface area contributed by atoms with Gasteiger partial charge in [-0.15, -0.1) is 0 Å². The van der Waals surface area contributed by atoms with Gasteiger partial charge in [-0.3, -0.25) is 0 Å². The van der Waals surface area contributed by atoms with E-state index in [-0.39, 0.29) is 10.8 Å². The lowest BCUT2D eigenvalue weighted by Crippen LogP contribution is -2.70. The first-order valence-electron chi connectivity index (χ1n) is 14.0. The van der Waals surface area contributed by atoms with Gasteiger partial charge in [0, 0.05) is 5.41 Å². The van der Waals surface area contributed by atoms with Gasteiger partial charge in [0.2, 0.25) is 0 Å². The third-order valence-electron chi connectivity index (χ3n) is 14.1. The van der Waals surface area contributed by atoms with E-state index in [0.717, 1.165) is 31.1 Å². The van der Waals surface area contributed by atoms with Crippen LogP contribution in [0, 0.1) is 50.2 Å². The Labute approximate surface area is 198 Å². The fourth-order valence-electron chi connectivity index (χ4n) is 11.3. The molecular formula is C30H52O2. The van der Waals surface area contributed by atoms with Crippen LogP contribution in [0.1, 0.15) is 126 Å². The van der Waals surface area contributed by atoms with Gasteiger partial charge in [0.05, 0.1) is 11.7 Å². The summed E-state index contributed by atoms with van der Waals surface area (Å²) in [5.41, 5.74) is 0.964. The van der Waals surface area contributed by atoms with E-state index in [1.807, 2.05) is 6.92 Å². The molecule has 0 spiro atoms. The Kier molecular flexibility index (Phi) is 4.85. The minimum atomic E-state index is -0.968. The van der Waals surface area contributed by atoms with Gasteiger partial charge in [0.15, 0.2) is 0 Å². The second kappa shape index (κ2) is 6.57. The third kappa shape index (κ3) is 2.66. The van der Waals surface area contributed by atoms with Crippen molar-refractivity contribution in [3.8, 4) is 0 Å². The molecule has 0 aliphatic heterocycles. The molecule has 5 saturated carbocycles. The molecule has 32 heavy (non-hydrogen) atoms. The predicted octanol–water partition coefficient (Wildman–Crippen LogP) is 7.36. The summed E-state index contributed by atoms with van der Waals surface area (Å²) in [6, 6.07) is 0. The van der Waals surface area contributed by atoms with Gasteiger partial charge < -0.3 is 10.2 Å². The van der Waals surface area contributed by atoms with Crippen molar-refractivity contribution in [2.45, 2.75) is 138 Å². The van der Waals surface area contributed by atoms with Crippen molar-refractivity contribution in [3.63, 3.8) is 0 Å². The highest BCUT2D eigenvalue weighted by Crippen LogP contribution is 2.78. The molecule has 5 rings (SSSR count). The molecule has 3 unspecified atom stereocenters. The average molecular weight is 445 g/mol. The van der Waals surface area contributed by atoms with Gasteiger partial charge in [0.1, 0.15) is 0 Å². The lowest BCUT2D eigenvalue weighted by atomic mass is 9.30. The number of aliphatic hydroxyl groups is 2. The van der Waals surface area contributed by atoms with E-state index in [1.165, 1.54) is 51.4 Å². The number of hydrogen-bond donors (Lipinski definition) is 2. The van der Waals surface area contributed by atoms with Gasteiger partial charge in [0.25, 0.3) is 0 Å². The van der Waals surface area contributed by atoms with Gasteiger partial charge >= 0.3 is 0 Å². The van der Waals surface area contributed by atoms with Crippen LogP contribution in [0.15, 0.2) is 0 Å². The van der Waals surface area contributed by atoms with E-state index in [0.29, 0.717) is 27.6 Å². The minimum absolute atomic E-state index is 0.171. The van der Waals surface area contributed by atoms with Crippen molar-refractivity contribution in [3.05, 3.63) is 0 Å². The summed E-state index contributed by atoms with van der Waals surface area (Å²) in [6.45, 7) is 20.0. The van der Waals surface area contributed by atoms with Gasteiger partial charge in [-0.05, 0) is 122 Å². The standard InChI is InChI=1S/C30H52O2/c1-24(2)13-14-25(3)15-17-27(5)21-11-12-29(7)20(9-10-23(31)30(29,8)32)26(21,4)16-18-28(27,6)22(25)19-24/h20-23,31-32H,9-19H2,1-8H3/t20?,21?,22?,23-,25+,26-,27+,28-,29-,30+/m0/s1. The van der Waals surface area contributed by atoms with Crippen molar-refractivity contribution in [2.24, 2.45) is 50.2 Å². The quantitative estimate of drug-likeness (QED) is 0.409. The second-order valence-corrected chi connectivity index (χ2v) is 15.7. The van der Waals surface area contributed by atoms with Crippen LogP contribution in [-0.4, -0.2) is 21.9 Å². The van der Waals surface area contributed by atoms with E-state index in [4.69, 9.17) is 0 Å². The molecule has 2 heteroatoms. The highest BCUT2D eigenvalue weighted by Gasteiger charge is 2.72. The molecule has 5 aliphatic carbocycles. The van der Waals surface area contributed by atoms with Crippen LogP contribution in [0.5, 0.6) is 0 Å². The monoisotopic (exact) mass is 444 g/mol. The summed E-state index contributed by atoms with van der Waals surface area (Å²) in [4.78, 5) is 0. The normalized spacial score (nSPS) is 61.7. The smallest absolute Gasteiger partial charge is 0.0933 e. The van der Waals surface area contributed by atoms with Crippen LogP contribution < -0.4 is 0 Å². The highest BCUT2D eigenvalue weighted by atomic mass is 16.3. The molecule has 10 atom stereocenters. The lowest BCUT2D eigenvalue weighted by Gasteiger charge is -2.75. The summed E-state index contributed by atoms with van der Waals surface area (Å²) < 4.78 is 0. The van der Waals surface area contributed by atoms with E-state index in [2.05, 4.69) is 48.5 Å². The van der Waals surface area contributed by atoms with Crippen LogP contribution in [0.2, 0.25) is 0 Å². The minimum Gasteiger partial charge on any atom is -0.390 e. The van der Waals surface area contributed by atoms with Crippen molar-refractivity contribution in [1.82, 2.24) is 0 Å². The van der Waals surface area contributed by atoms with Crippen molar-refractivity contribution >= 4 is 0 Å². The highest BCUT2D eigenvalue weighted by molar-refractivity contribution is 5.21. The van der Waals surface area contributed by atoms with Crippen LogP contribution in [-0.2, 0) is 0 Å². The molecule has 0 aromatic heterocycles. The zero-order valence-corrected chi connectivity index (χ0v) is 22.5. The third-order valence-corrected chi connectivity index (χ3v) is 14.1. The van der Waals surface area contributed by atoms with Crippen molar-refractivity contribution in [2.75, 3.05) is 0 Å². The fourth-order valence-corrected chi connectivity index (χ4v) is 11.3. The number of aliphatic hydroxyl groups excluding tert-OH is 1. The summed E-state index contributed by atoms with van der Waals surface area (Å²) in [5, 5.41) is 22.3. The lowest BCUT2D eigenvalue weighted by molar-refractivity contribution is -0.288. The first-order chi connectivity index (χ1) is 14.6. The Morgan fingerprint density at radius 2 is 1.12 bits per heavy atom. The Morgan fingerprint density at radius 1 is 0.562 bits per heavy atom. The fraction of sp³-hybridized carbons (Fsp3) is 1.00. The number of hydrogen-bond acceptors (Lipinski definition) is 2. The average Bonchev–Trinajstić information content (AvgIpc) is 2.69. The Balaban J connectivity index is 1.55. The zero-order chi connectivity index (χ0) is 23.6. The number of rotatable bonds is 0. The van der Waals surface area contributed by atoms with Crippen LogP contribution in [0.3, 0.4) is 0 Å². The summed E-state index contributed by atoms with van der Waals surface area (Å²) in [6.07, 6.45) is 13.2. The van der Waals surface area contributed by atoms with Crippen molar-refractivity contribution < 1.29 is 10.2 Å². The molecule has 0 heterocycles. The molecular weight excluding hydrogens is 392 g/mol. The van der Waals surface area contributed by atoms with Gasteiger partial charge in [-0.25, -0.2) is 0 Å². The van der Waals surface area contributed by atoms with E-state index in [1.54, 1.807) is 0 Å². The van der Waals surface area contributed by atoms with Crippen LogP contribution >= 0.6 is 0 Å². The molecule has 2 N–H and O–H groups in total. The molecule has 0 radical (unpaired) electrons. The van der Waals surface area contributed by atoms with Gasteiger partial charge in [-0.2, -0.15) is 0 Å². The molecule has 0 bridgehead atoms. The first-order valence-corrected chi connectivity index (χ1v) is 14.0. The van der Waals surface area contributed by atoms with Crippen LogP contribution in [0.4, 0.5) is 0 Å². The van der Waals surface area contributed by atoms with E-state index in [9.17, 15) is 10.2 Å². The second-order valence-electron chi connectivity index (χ2n) is 15.7. The maximum absolute atomic E-state index is 11.5. The SMILES string of the molecule is CC1(C)CC[C@]2(C)CC[C@]3(C)C4CC[C@@]5(C)C(CC[C@H](O)[C@@]5(C)O)[C@]4(C)CC[C@@]3(C)C2C1. The molecule has 0 aromatic carbocycles. The zero-order valence-electron chi connectivity index (χ0n) is 22.5. The molecule has 5 aliphatic rings.